The molecule has 0 aliphatic heterocycles. The van der Waals surface area contributed by atoms with Gasteiger partial charge in [-0.05, 0) is 11.6 Å². The molecule has 0 atom stereocenters. The van der Waals surface area contributed by atoms with E-state index in [2.05, 4.69) is 19.9 Å². The highest BCUT2D eigenvalue weighted by molar-refractivity contribution is 5.81. The number of benzene rings is 1. The smallest absolute Gasteiger partial charge is 0.158 e. The fourth-order valence-electron chi connectivity index (χ4n) is 1.80. The SMILES string of the molecule is NCc1cccc2[nH]c(-c3cnccn3)nc12. The fraction of sp³-hybridized carbons (Fsp3) is 0.0833. The largest absolute Gasteiger partial charge is 0.337 e. The number of para-hydroxylation sites is 1. The Labute approximate surface area is 97.7 Å². The van der Waals surface area contributed by atoms with Crippen LogP contribution in [0.25, 0.3) is 22.6 Å². The lowest BCUT2D eigenvalue weighted by Gasteiger charge is -1.95. The normalized spacial score (nSPS) is 10.9. The van der Waals surface area contributed by atoms with Crippen LogP contribution in [0.15, 0.2) is 36.8 Å². The Morgan fingerprint density at radius 1 is 1.24 bits per heavy atom. The third-order valence-corrected chi connectivity index (χ3v) is 2.62. The van der Waals surface area contributed by atoms with E-state index >= 15 is 0 Å². The summed E-state index contributed by atoms with van der Waals surface area (Å²) in [6.45, 7) is 0.474. The van der Waals surface area contributed by atoms with Crippen LogP contribution in [0.2, 0.25) is 0 Å². The molecule has 3 rings (SSSR count). The zero-order chi connectivity index (χ0) is 11.7. The Balaban J connectivity index is 2.20. The molecule has 5 nitrogen and oxygen atoms in total. The molecule has 0 radical (unpaired) electrons. The number of nitrogens with two attached hydrogens (primary N) is 1. The second-order valence-corrected chi connectivity index (χ2v) is 3.69. The van der Waals surface area contributed by atoms with Gasteiger partial charge in [-0.1, -0.05) is 12.1 Å². The Bertz CT molecular complexity index is 644. The van der Waals surface area contributed by atoms with Crippen LogP contribution in [0.1, 0.15) is 5.56 Å². The Morgan fingerprint density at radius 2 is 2.18 bits per heavy atom. The number of aromatic nitrogens is 4. The van der Waals surface area contributed by atoms with Gasteiger partial charge in [0.15, 0.2) is 5.82 Å². The van der Waals surface area contributed by atoms with Gasteiger partial charge in [0.2, 0.25) is 0 Å². The topological polar surface area (TPSA) is 80.5 Å². The molecule has 84 valence electrons. The molecule has 0 aliphatic rings. The minimum atomic E-state index is 0.474. The Kier molecular flexibility index (Phi) is 2.31. The molecule has 0 saturated carbocycles. The van der Waals surface area contributed by atoms with Crippen molar-refractivity contribution in [1.29, 1.82) is 0 Å². The highest BCUT2D eigenvalue weighted by Crippen LogP contribution is 2.20. The molecule has 2 heterocycles. The van der Waals surface area contributed by atoms with Gasteiger partial charge >= 0.3 is 0 Å². The second kappa shape index (κ2) is 3.95. The number of rotatable bonds is 2. The summed E-state index contributed by atoms with van der Waals surface area (Å²) in [4.78, 5) is 16.0. The minimum absolute atomic E-state index is 0.474. The Hall–Kier alpha value is -2.27. The van der Waals surface area contributed by atoms with Gasteiger partial charge in [-0.2, -0.15) is 0 Å². The second-order valence-electron chi connectivity index (χ2n) is 3.69. The van der Waals surface area contributed by atoms with Crippen molar-refractivity contribution in [2.24, 2.45) is 5.73 Å². The van der Waals surface area contributed by atoms with E-state index in [4.69, 9.17) is 5.73 Å². The van der Waals surface area contributed by atoms with Crippen molar-refractivity contribution in [3.05, 3.63) is 42.4 Å². The summed E-state index contributed by atoms with van der Waals surface area (Å²) in [5, 5.41) is 0. The summed E-state index contributed by atoms with van der Waals surface area (Å²) in [6.07, 6.45) is 4.96. The highest BCUT2D eigenvalue weighted by Gasteiger charge is 2.08. The van der Waals surface area contributed by atoms with E-state index in [9.17, 15) is 0 Å². The summed E-state index contributed by atoms with van der Waals surface area (Å²) in [5.74, 6) is 0.717. The molecule has 0 bridgehead atoms. The van der Waals surface area contributed by atoms with Crippen LogP contribution in [0.4, 0.5) is 0 Å². The van der Waals surface area contributed by atoms with Crippen LogP contribution in [0.3, 0.4) is 0 Å². The number of nitrogens with one attached hydrogen (secondary N) is 1. The number of nitrogens with zero attached hydrogens (tertiary/aromatic N) is 3. The maximum Gasteiger partial charge on any atom is 0.158 e. The summed E-state index contributed by atoms with van der Waals surface area (Å²) >= 11 is 0. The first kappa shape index (κ1) is 9.92. The first-order valence-corrected chi connectivity index (χ1v) is 5.32. The standard InChI is InChI=1S/C12H11N5/c13-6-8-2-1-3-9-11(8)17-12(16-9)10-7-14-4-5-15-10/h1-5,7H,6,13H2,(H,16,17). The number of imidazole rings is 1. The Morgan fingerprint density at radius 3 is 2.94 bits per heavy atom. The lowest BCUT2D eigenvalue weighted by Crippen LogP contribution is -1.96. The lowest BCUT2D eigenvalue weighted by atomic mass is 10.2. The van der Waals surface area contributed by atoms with Crippen LogP contribution in [-0.2, 0) is 6.54 Å². The molecule has 5 heteroatoms. The summed E-state index contributed by atoms with van der Waals surface area (Å²) in [6, 6.07) is 5.91. The van der Waals surface area contributed by atoms with Gasteiger partial charge in [-0.3, -0.25) is 4.98 Å². The number of hydrogen-bond donors (Lipinski definition) is 2. The van der Waals surface area contributed by atoms with Crippen molar-refractivity contribution in [3.63, 3.8) is 0 Å². The average molecular weight is 225 g/mol. The van der Waals surface area contributed by atoms with Crippen molar-refractivity contribution in [3.8, 4) is 11.5 Å². The van der Waals surface area contributed by atoms with Crippen LogP contribution in [0, 0.1) is 0 Å². The molecule has 3 N–H and O–H groups in total. The van der Waals surface area contributed by atoms with Crippen molar-refractivity contribution >= 4 is 11.0 Å². The molecule has 0 fully saturated rings. The van der Waals surface area contributed by atoms with Crippen molar-refractivity contribution in [2.75, 3.05) is 0 Å². The predicted molar refractivity (Wildman–Crippen MR) is 65.0 cm³/mol. The first-order chi connectivity index (χ1) is 8.38. The van der Waals surface area contributed by atoms with E-state index in [0.717, 1.165) is 22.3 Å². The molecule has 0 unspecified atom stereocenters. The van der Waals surface area contributed by atoms with Crippen molar-refractivity contribution < 1.29 is 0 Å². The molecular formula is C12H11N5. The van der Waals surface area contributed by atoms with Gasteiger partial charge in [-0.15, -0.1) is 0 Å². The molecule has 1 aromatic carbocycles. The average Bonchev–Trinajstić information content (AvgIpc) is 2.83. The van der Waals surface area contributed by atoms with E-state index < -0.39 is 0 Å². The van der Waals surface area contributed by atoms with Gasteiger partial charge in [0.1, 0.15) is 5.69 Å². The van der Waals surface area contributed by atoms with Crippen LogP contribution >= 0.6 is 0 Å². The van der Waals surface area contributed by atoms with Crippen LogP contribution < -0.4 is 5.73 Å². The van der Waals surface area contributed by atoms with E-state index in [1.54, 1.807) is 18.6 Å². The van der Waals surface area contributed by atoms with Gasteiger partial charge in [0.25, 0.3) is 0 Å². The third-order valence-electron chi connectivity index (χ3n) is 2.62. The van der Waals surface area contributed by atoms with E-state index in [0.29, 0.717) is 12.4 Å². The number of fused-ring (bicyclic) bond motifs is 1. The number of aromatic amines is 1. The van der Waals surface area contributed by atoms with E-state index in [-0.39, 0.29) is 0 Å². The van der Waals surface area contributed by atoms with Gasteiger partial charge in [0, 0.05) is 18.9 Å². The van der Waals surface area contributed by atoms with Gasteiger partial charge in [0.05, 0.1) is 17.2 Å². The van der Waals surface area contributed by atoms with Crippen molar-refractivity contribution in [2.45, 2.75) is 6.54 Å². The fourth-order valence-corrected chi connectivity index (χ4v) is 1.80. The monoisotopic (exact) mass is 225 g/mol. The van der Waals surface area contributed by atoms with Gasteiger partial charge in [-0.25, -0.2) is 9.97 Å². The summed E-state index contributed by atoms with van der Waals surface area (Å²) in [7, 11) is 0. The maximum absolute atomic E-state index is 5.68. The minimum Gasteiger partial charge on any atom is -0.337 e. The predicted octanol–water partition coefficient (Wildman–Crippen LogP) is 1.48. The first-order valence-electron chi connectivity index (χ1n) is 5.32. The maximum atomic E-state index is 5.68. The molecule has 0 amide bonds. The van der Waals surface area contributed by atoms with Crippen LogP contribution in [0.5, 0.6) is 0 Å². The molecule has 17 heavy (non-hydrogen) atoms. The van der Waals surface area contributed by atoms with E-state index in [1.165, 1.54) is 0 Å². The van der Waals surface area contributed by atoms with Crippen LogP contribution in [-0.4, -0.2) is 19.9 Å². The zero-order valence-corrected chi connectivity index (χ0v) is 9.09. The molecule has 0 spiro atoms. The third kappa shape index (κ3) is 1.66. The van der Waals surface area contributed by atoms with Gasteiger partial charge < -0.3 is 10.7 Å². The highest BCUT2D eigenvalue weighted by atomic mass is 15.0. The quantitative estimate of drug-likeness (QED) is 0.692. The molecule has 0 aliphatic carbocycles. The lowest BCUT2D eigenvalue weighted by molar-refractivity contribution is 1.08. The van der Waals surface area contributed by atoms with E-state index in [1.807, 2.05) is 18.2 Å². The molecule has 3 aromatic rings. The number of hydrogen-bond acceptors (Lipinski definition) is 4. The molecule has 2 aromatic heterocycles. The zero-order valence-electron chi connectivity index (χ0n) is 9.09. The van der Waals surface area contributed by atoms with Crippen molar-refractivity contribution in [1.82, 2.24) is 19.9 Å². The molecular weight excluding hydrogens is 214 g/mol. The summed E-state index contributed by atoms with van der Waals surface area (Å²) < 4.78 is 0. The molecule has 0 saturated heterocycles. The number of H-pyrrole nitrogens is 1. The summed E-state index contributed by atoms with van der Waals surface area (Å²) in [5.41, 5.74) is 9.30.